The van der Waals surface area contributed by atoms with Crippen molar-refractivity contribution in [2.45, 2.75) is 6.18 Å². The van der Waals surface area contributed by atoms with Crippen LogP contribution in [0.1, 0.15) is 10.5 Å². The molecule has 0 bridgehead atoms. The van der Waals surface area contributed by atoms with Gasteiger partial charge in [-0.3, -0.25) is 4.79 Å². The number of hydrogen-bond acceptors (Lipinski definition) is 4. The van der Waals surface area contributed by atoms with Crippen molar-refractivity contribution in [3.05, 3.63) is 22.8 Å². The van der Waals surface area contributed by atoms with Crippen LogP contribution in [-0.4, -0.2) is 36.8 Å². The van der Waals surface area contributed by atoms with Gasteiger partial charge in [0.1, 0.15) is 18.1 Å². The van der Waals surface area contributed by atoms with Crippen molar-refractivity contribution < 1.29 is 22.7 Å². The average Bonchev–Trinajstić information content (AvgIpc) is 2.30. The Morgan fingerprint density at radius 3 is 2.79 bits per heavy atom. The molecule has 1 aromatic rings. The summed E-state index contributed by atoms with van der Waals surface area (Å²) in [5.41, 5.74) is 5.30. The van der Waals surface area contributed by atoms with Gasteiger partial charge in [0.05, 0.1) is 11.6 Å². The Morgan fingerprint density at radius 2 is 2.16 bits per heavy atom. The zero-order valence-corrected chi connectivity index (χ0v) is 10.4. The minimum atomic E-state index is -4.39. The molecule has 0 fully saturated rings. The molecule has 0 atom stereocenters. The lowest BCUT2D eigenvalue weighted by atomic mass is 10.3. The van der Waals surface area contributed by atoms with Gasteiger partial charge in [-0.05, 0) is 12.1 Å². The first-order chi connectivity index (χ1) is 8.79. The summed E-state index contributed by atoms with van der Waals surface area (Å²) < 4.78 is 39.6. The topological polar surface area (TPSA) is 77.2 Å². The van der Waals surface area contributed by atoms with Crippen molar-refractivity contribution in [2.75, 3.05) is 25.5 Å². The lowest BCUT2D eigenvalue weighted by molar-refractivity contribution is -0.173. The molecule has 5 nitrogen and oxygen atoms in total. The van der Waals surface area contributed by atoms with E-state index >= 15 is 0 Å². The zero-order chi connectivity index (χ0) is 14.5. The summed E-state index contributed by atoms with van der Waals surface area (Å²) in [6, 6.07) is 2.82. The maximum absolute atomic E-state index is 11.8. The minimum absolute atomic E-state index is 0.0857. The number of hydrogen-bond donors (Lipinski definition) is 2. The predicted octanol–water partition coefficient (Wildman–Crippen LogP) is 1.63. The van der Waals surface area contributed by atoms with E-state index in [1.165, 1.54) is 12.1 Å². The maximum Gasteiger partial charge on any atom is 0.411 e. The fraction of sp³-hybridized carbons (Fsp3) is 0.400. The van der Waals surface area contributed by atoms with Crippen LogP contribution in [-0.2, 0) is 4.74 Å². The molecule has 106 valence electrons. The van der Waals surface area contributed by atoms with Crippen LogP contribution in [0.4, 0.5) is 19.0 Å². The van der Waals surface area contributed by atoms with E-state index in [9.17, 15) is 18.0 Å². The third kappa shape index (κ3) is 5.75. The second kappa shape index (κ2) is 6.58. The van der Waals surface area contributed by atoms with Crippen LogP contribution < -0.4 is 11.1 Å². The molecule has 1 rings (SSSR count). The number of anilines is 1. The third-order valence-electron chi connectivity index (χ3n) is 1.88. The highest BCUT2D eigenvalue weighted by Gasteiger charge is 2.27. The third-order valence-corrected chi connectivity index (χ3v) is 2.19. The molecule has 0 unspecified atom stereocenters. The van der Waals surface area contributed by atoms with Gasteiger partial charge in [-0.15, -0.1) is 0 Å². The largest absolute Gasteiger partial charge is 0.411 e. The summed E-state index contributed by atoms with van der Waals surface area (Å²) in [7, 11) is 0. The van der Waals surface area contributed by atoms with Gasteiger partial charge in [-0.2, -0.15) is 13.2 Å². The number of nitrogen functional groups attached to an aromatic ring is 1. The quantitative estimate of drug-likeness (QED) is 0.810. The van der Waals surface area contributed by atoms with E-state index in [0.717, 1.165) is 0 Å². The number of pyridine rings is 1. The number of ether oxygens (including phenoxy) is 1. The highest BCUT2D eigenvalue weighted by Crippen LogP contribution is 2.15. The molecule has 1 heterocycles. The molecule has 0 saturated carbocycles. The molecule has 3 N–H and O–H groups in total. The Morgan fingerprint density at radius 1 is 1.47 bits per heavy atom. The number of carbonyl (C=O) groups excluding carboxylic acids is 1. The molecule has 9 heteroatoms. The summed E-state index contributed by atoms with van der Waals surface area (Å²) >= 11 is 5.73. The Kier molecular flexibility index (Phi) is 5.37. The van der Waals surface area contributed by atoms with E-state index in [4.69, 9.17) is 17.3 Å². The van der Waals surface area contributed by atoms with Gasteiger partial charge in [0.25, 0.3) is 5.91 Å². The van der Waals surface area contributed by atoms with Crippen molar-refractivity contribution in [1.82, 2.24) is 10.3 Å². The standard InChI is InChI=1S/C10H11ClF3N3O2/c11-6-1-2-7(15)17-8(6)9(18)16-3-4-19-5-10(12,13)14/h1-2H,3-5H2,(H2,15,17)(H,16,18). The van der Waals surface area contributed by atoms with Gasteiger partial charge in [-0.1, -0.05) is 11.6 Å². The molecule has 0 aliphatic rings. The number of nitrogens with two attached hydrogens (primary N) is 1. The molecule has 0 radical (unpaired) electrons. The van der Waals surface area contributed by atoms with E-state index in [0.29, 0.717) is 0 Å². The number of halogens is 4. The van der Waals surface area contributed by atoms with Crippen molar-refractivity contribution in [3.63, 3.8) is 0 Å². The highest BCUT2D eigenvalue weighted by atomic mass is 35.5. The Bertz CT molecular complexity index is 454. The fourth-order valence-corrected chi connectivity index (χ4v) is 1.32. The number of nitrogens with zero attached hydrogens (tertiary/aromatic N) is 1. The Balaban J connectivity index is 2.38. The van der Waals surface area contributed by atoms with Gasteiger partial charge in [-0.25, -0.2) is 4.98 Å². The molecule has 1 aromatic heterocycles. The Labute approximate surface area is 111 Å². The van der Waals surface area contributed by atoms with E-state index in [1.807, 2.05) is 0 Å². The lowest BCUT2D eigenvalue weighted by Crippen LogP contribution is -2.29. The number of aromatic nitrogens is 1. The number of rotatable bonds is 5. The van der Waals surface area contributed by atoms with Gasteiger partial charge >= 0.3 is 6.18 Å². The van der Waals surface area contributed by atoms with Crippen molar-refractivity contribution in [2.24, 2.45) is 0 Å². The molecule has 19 heavy (non-hydrogen) atoms. The van der Waals surface area contributed by atoms with Crippen molar-refractivity contribution in [1.29, 1.82) is 0 Å². The smallest absolute Gasteiger partial charge is 0.384 e. The van der Waals surface area contributed by atoms with Crippen LogP contribution in [0.25, 0.3) is 0 Å². The van der Waals surface area contributed by atoms with Crippen LogP contribution in [0.5, 0.6) is 0 Å². The Hall–Kier alpha value is -1.54. The second-order valence-corrected chi connectivity index (χ2v) is 3.90. The summed E-state index contributed by atoms with van der Waals surface area (Å²) in [6.07, 6.45) is -4.39. The molecule has 0 saturated heterocycles. The summed E-state index contributed by atoms with van der Waals surface area (Å²) in [5.74, 6) is -0.518. The van der Waals surface area contributed by atoms with Gasteiger partial charge in [0.2, 0.25) is 0 Å². The van der Waals surface area contributed by atoms with Crippen LogP contribution in [0.3, 0.4) is 0 Å². The SMILES string of the molecule is Nc1ccc(Cl)c(C(=O)NCCOCC(F)(F)F)n1. The van der Waals surface area contributed by atoms with Crippen molar-refractivity contribution in [3.8, 4) is 0 Å². The van der Waals surface area contributed by atoms with E-state index in [-0.39, 0.29) is 29.7 Å². The number of nitrogens with one attached hydrogen (secondary N) is 1. The second-order valence-electron chi connectivity index (χ2n) is 3.49. The number of carbonyl (C=O) groups is 1. The normalized spacial score (nSPS) is 11.4. The maximum atomic E-state index is 11.8. The molecular weight excluding hydrogens is 287 g/mol. The lowest BCUT2D eigenvalue weighted by Gasteiger charge is -2.09. The van der Waals surface area contributed by atoms with Crippen LogP contribution >= 0.6 is 11.6 Å². The molecule has 0 spiro atoms. The summed E-state index contributed by atoms with van der Waals surface area (Å²) in [5, 5.41) is 2.42. The van der Waals surface area contributed by atoms with Crippen LogP contribution in [0.15, 0.2) is 12.1 Å². The monoisotopic (exact) mass is 297 g/mol. The fourth-order valence-electron chi connectivity index (χ4n) is 1.12. The van der Waals surface area contributed by atoms with Crippen LogP contribution in [0, 0.1) is 0 Å². The first kappa shape index (κ1) is 15.5. The average molecular weight is 298 g/mol. The number of amides is 1. The van der Waals surface area contributed by atoms with Crippen molar-refractivity contribution >= 4 is 23.3 Å². The molecule has 1 amide bonds. The zero-order valence-electron chi connectivity index (χ0n) is 9.63. The van der Waals surface area contributed by atoms with E-state index in [2.05, 4.69) is 15.0 Å². The summed E-state index contributed by atoms with van der Waals surface area (Å²) in [6.45, 7) is -1.73. The molecule has 0 aromatic carbocycles. The van der Waals surface area contributed by atoms with Gasteiger partial charge in [0, 0.05) is 6.54 Å². The molecule has 0 aliphatic heterocycles. The molecule has 0 aliphatic carbocycles. The van der Waals surface area contributed by atoms with Gasteiger partial charge in [0.15, 0.2) is 0 Å². The van der Waals surface area contributed by atoms with Gasteiger partial charge < -0.3 is 15.8 Å². The van der Waals surface area contributed by atoms with E-state index in [1.54, 1.807) is 0 Å². The van der Waals surface area contributed by atoms with Crippen LogP contribution in [0.2, 0.25) is 5.02 Å². The predicted molar refractivity (Wildman–Crippen MR) is 62.9 cm³/mol. The minimum Gasteiger partial charge on any atom is -0.384 e. The first-order valence-corrected chi connectivity index (χ1v) is 5.52. The first-order valence-electron chi connectivity index (χ1n) is 5.14. The molecular formula is C10H11ClF3N3O2. The highest BCUT2D eigenvalue weighted by molar-refractivity contribution is 6.33. The summed E-state index contributed by atoms with van der Waals surface area (Å²) in [4.78, 5) is 15.3. The number of alkyl halides is 3. The van der Waals surface area contributed by atoms with E-state index < -0.39 is 18.7 Å².